The third-order valence-corrected chi connectivity index (χ3v) is 6.66. The Hall–Kier alpha value is -3.30. The lowest BCUT2D eigenvalue weighted by atomic mass is 10.0. The van der Waals surface area contributed by atoms with Crippen molar-refractivity contribution in [1.29, 1.82) is 0 Å². The average Bonchev–Trinajstić information content (AvgIpc) is 3.42. The van der Waals surface area contributed by atoms with Gasteiger partial charge >= 0.3 is 0 Å². The molecule has 0 radical (unpaired) electrons. The second-order valence-electron chi connectivity index (χ2n) is 8.88. The molecule has 9 heteroatoms. The lowest BCUT2D eigenvalue weighted by Crippen LogP contribution is -2.46. The molecule has 9 nitrogen and oxygen atoms in total. The molecule has 3 aliphatic heterocycles. The minimum absolute atomic E-state index is 0.0178. The van der Waals surface area contributed by atoms with Gasteiger partial charge in [0.2, 0.25) is 0 Å². The molecule has 1 N–H and O–H groups in total. The lowest BCUT2D eigenvalue weighted by molar-refractivity contribution is -0.137. The molecule has 35 heavy (non-hydrogen) atoms. The summed E-state index contributed by atoms with van der Waals surface area (Å²) in [5, 5.41) is 3.51. The van der Waals surface area contributed by atoms with E-state index in [4.69, 9.17) is 18.9 Å². The summed E-state index contributed by atoms with van der Waals surface area (Å²) < 4.78 is 22.6. The van der Waals surface area contributed by atoms with Crippen LogP contribution in [0, 0.1) is 0 Å². The highest BCUT2D eigenvalue weighted by Gasteiger charge is 2.35. The van der Waals surface area contributed by atoms with Gasteiger partial charge in [0.1, 0.15) is 6.17 Å². The molecule has 2 saturated heterocycles. The standard InChI is InChI=1S/C26H31N3O6/c1-32-23-15-18(8-9-22(23)35-17-24(30)28-10-13-33-14-11-28)25-27-21-7-3-2-6-20(21)26(31)29(25)16-19-5-4-12-34-19/h2-3,6-9,15,19,25,27H,4-5,10-14,16-17H2,1H3/t19-,25-/m1/s1. The van der Waals surface area contributed by atoms with Gasteiger partial charge in [-0.1, -0.05) is 18.2 Å². The molecule has 3 aliphatic rings. The predicted octanol–water partition coefficient (Wildman–Crippen LogP) is 2.68. The summed E-state index contributed by atoms with van der Waals surface area (Å²) in [6.07, 6.45) is 1.57. The summed E-state index contributed by atoms with van der Waals surface area (Å²) >= 11 is 0. The van der Waals surface area contributed by atoms with Gasteiger partial charge in [-0.3, -0.25) is 9.59 Å². The number of benzene rings is 2. The van der Waals surface area contributed by atoms with Crippen molar-refractivity contribution < 1.29 is 28.5 Å². The predicted molar refractivity (Wildman–Crippen MR) is 129 cm³/mol. The third-order valence-electron chi connectivity index (χ3n) is 6.66. The van der Waals surface area contributed by atoms with Gasteiger partial charge in [0, 0.05) is 31.9 Å². The maximum absolute atomic E-state index is 13.5. The molecule has 2 atom stereocenters. The van der Waals surface area contributed by atoms with Crippen LogP contribution < -0.4 is 14.8 Å². The summed E-state index contributed by atoms with van der Waals surface area (Å²) in [5.74, 6) is 0.863. The number of carbonyl (C=O) groups is 2. The molecule has 5 rings (SSSR count). The van der Waals surface area contributed by atoms with E-state index in [1.807, 2.05) is 41.3 Å². The number of nitrogens with one attached hydrogen (secondary N) is 1. The van der Waals surface area contributed by atoms with Crippen LogP contribution in [0.25, 0.3) is 0 Å². The summed E-state index contributed by atoms with van der Waals surface area (Å²) in [6.45, 7) is 3.38. The lowest BCUT2D eigenvalue weighted by Gasteiger charge is -2.39. The molecule has 2 amide bonds. The number of amides is 2. The minimum atomic E-state index is -0.389. The molecule has 186 valence electrons. The Kier molecular flexibility index (Phi) is 7.06. The van der Waals surface area contributed by atoms with Crippen LogP contribution in [0.4, 0.5) is 5.69 Å². The fraction of sp³-hybridized carbons (Fsp3) is 0.462. The van der Waals surface area contributed by atoms with Gasteiger partial charge < -0.3 is 34.1 Å². The first kappa shape index (κ1) is 23.4. The van der Waals surface area contributed by atoms with Gasteiger partial charge in [-0.05, 0) is 42.7 Å². The number of para-hydroxylation sites is 1. The van der Waals surface area contributed by atoms with E-state index in [0.29, 0.717) is 49.9 Å². The van der Waals surface area contributed by atoms with Crippen molar-refractivity contribution in [2.24, 2.45) is 0 Å². The van der Waals surface area contributed by atoms with Crippen LogP contribution in [-0.4, -0.2) is 80.9 Å². The van der Waals surface area contributed by atoms with Gasteiger partial charge in [0.15, 0.2) is 18.1 Å². The molecule has 3 heterocycles. The maximum Gasteiger partial charge on any atom is 0.260 e. The van der Waals surface area contributed by atoms with E-state index in [0.717, 1.165) is 30.7 Å². The van der Waals surface area contributed by atoms with E-state index < -0.39 is 0 Å². The Morgan fingerprint density at radius 1 is 1.11 bits per heavy atom. The Balaban J connectivity index is 1.36. The quantitative estimate of drug-likeness (QED) is 0.650. The van der Waals surface area contributed by atoms with Crippen LogP contribution in [0.5, 0.6) is 11.5 Å². The van der Waals surface area contributed by atoms with E-state index >= 15 is 0 Å². The number of hydrogen-bond donors (Lipinski definition) is 1. The fourth-order valence-electron chi connectivity index (χ4n) is 4.77. The van der Waals surface area contributed by atoms with Crippen molar-refractivity contribution in [2.45, 2.75) is 25.1 Å². The summed E-state index contributed by atoms with van der Waals surface area (Å²) in [5.41, 5.74) is 2.30. The van der Waals surface area contributed by atoms with Gasteiger partial charge in [-0.15, -0.1) is 0 Å². The van der Waals surface area contributed by atoms with Gasteiger partial charge in [0.05, 0.1) is 32.0 Å². The number of morpholine rings is 1. The van der Waals surface area contributed by atoms with Crippen LogP contribution in [0.1, 0.15) is 34.9 Å². The molecular weight excluding hydrogens is 450 g/mol. The molecule has 2 fully saturated rings. The monoisotopic (exact) mass is 481 g/mol. The molecule has 0 aromatic heterocycles. The first-order valence-corrected chi connectivity index (χ1v) is 12.1. The number of ether oxygens (including phenoxy) is 4. The Morgan fingerprint density at radius 3 is 2.71 bits per heavy atom. The van der Waals surface area contributed by atoms with Gasteiger partial charge in [-0.25, -0.2) is 0 Å². The molecule has 0 spiro atoms. The van der Waals surface area contributed by atoms with Crippen molar-refractivity contribution in [1.82, 2.24) is 9.80 Å². The molecule has 0 unspecified atom stereocenters. The number of anilines is 1. The molecule has 0 saturated carbocycles. The highest BCUT2D eigenvalue weighted by atomic mass is 16.5. The van der Waals surface area contributed by atoms with Gasteiger partial charge in [-0.2, -0.15) is 0 Å². The molecule has 2 aromatic carbocycles. The highest BCUT2D eigenvalue weighted by Crippen LogP contribution is 2.37. The largest absolute Gasteiger partial charge is 0.493 e. The fourth-order valence-corrected chi connectivity index (χ4v) is 4.77. The SMILES string of the molecule is COc1cc([C@@H]2Nc3ccccc3C(=O)N2C[C@H]2CCCO2)ccc1OCC(=O)N1CCOCC1. The van der Waals surface area contributed by atoms with E-state index in [1.54, 1.807) is 18.1 Å². The normalized spacial score (nSPS) is 21.9. The Bertz CT molecular complexity index is 1060. The zero-order chi connectivity index (χ0) is 24.2. The molecule has 0 bridgehead atoms. The van der Waals surface area contributed by atoms with Crippen LogP contribution >= 0.6 is 0 Å². The number of fused-ring (bicyclic) bond motifs is 1. The van der Waals surface area contributed by atoms with E-state index in [-0.39, 0.29) is 30.7 Å². The van der Waals surface area contributed by atoms with Crippen LogP contribution in [0.3, 0.4) is 0 Å². The third kappa shape index (κ3) is 5.06. The van der Waals surface area contributed by atoms with Crippen molar-refractivity contribution in [3.8, 4) is 11.5 Å². The number of rotatable bonds is 7. The molecular formula is C26H31N3O6. The average molecular weight is 482 g/mol. The zero-order valence-corrected chi connectivity index (χ0v) is 19.9. The minimum Gasteiger partial charge on any atom is -0.493 e. The number of nitrogens with zero attached hydrogens (tertiary/aromatic N) is 2. The van der Waals surface area contributed by atoms with Crippen LogP contribution in [0.15, 0.2) is 42.5 Å². The zero-order valence-electron chi connectivity index (χ0n) is 19.9. The summed E-state index contributed by atoms with van der Waals surface area (Å²) in [4.78, 5) is 29.5. The Labute approximate surface area is 204 Å². The first-order valence-electron chi connectivity index (χ1n) is 12.1. The van der Waals surface area contributed by atoms with Crippen molar-refractivity contribution in [2.75, 3.05) is 58.5 Å². The van der Waals surface area contributed by atoms with E-state index in [2.05, 4.69) is 5.32 Å². The number of methoxy groups -OCH3 is 1. The summed E-state index contributed by atoms with van der Waals surface area (Å²) in [6, 6.07) is 13.1. The van der Waals surface area contributed by atoms with E-state index in [9.17, 15) is 9.59 Å². The van der Waals surface area contributed by atoms with Crippen molar-refractivity contribution >= 4 is 17.5 Å². The van der Waals surface area contributed by atoms with Crippen LogP contribution in [0.2, 0.25) is 0 Å². The van der Waals surface area contributed by atoms with Gasteiger partial charge in [0.25, 0.3) is 11.8 Å². The number of hydrogen-bond acceptors (Lipinski definition) is 7. The highest BCUT2D eigenvalue weighted by molar-refractivity contribution is 6.01. The topological polar surface area (TPSA) is 89.6 Å². The first-order chi connectivity index (χ1) is 17.1. The van der Waals surface area contributed by atoms with Crippen molar-refractivity contribution in [3.05, 3.63) is 53.6 Å². The smallest absolute Gasteiger partial charge is 0.260 e. The number of carbonyl (C=O) groups excluding carboxylic acids is 2. The van der Waals surface area contributed by atoms with Crippen LogP contribution in [-0.2, 0) is 14.3 Å². The molecule has 2 aromatic rings. The Morgan fingerprint density at radius 2 is 1.94 bits per heavy atom. The van der Waals surface area contributed by atoms with E-state index in [1.165, 1.54) is 0 Å². The second-order valence-corrected chi connectivity index (χ2v) is 8.88. The summed E-state index contributed by atoms with van der Waals surface area (Å²) in [7, 11) is 1.56. The molecule has 0 aliphatic carbocycles. The second kappa shape index (κ2) is 10.5. The maximum atomic E-state index is 13.5. The van der Waals surface area contributed by atoms with Crippen molar-refractivity contribution in [3.63, 3.8) is 0 Å².